The molecule has 0 bridgehead atoms. The van der Waals surface area contributed by atoms with E-state index in [0.717, 1.165) is 33.7 Å². The second-order valence-electron chi connectivity index (χ2n) is 6.05. The summed E-state index contributed by atoms with van der Waals surface area (Å²) in [5, 5.41) is 5.07. The SMILES string of the molecule is CCCC(=O)NCC1=c2ccc(OC)cc2=COC1c1ccccc1. The van der Waals surface area contributed by atoms with Gasteiger partial charge < -0.3 is 14.8 Å². The third-order valence-electron chi connectivity index (χ3n) is 4.31. The maximum atomic E-state index is 11.9. The van der Waals surface area contributed by atoms with Crippen molar-refractivity contribution in [3.05, 3.63) is 64.5 Å². The molecule has 1 aliphatic heterocycles. The standard InChI is InChI=1S/C21H23NO3/c1-3-7-20(23)22-13-19-18-11-10-17(24-2)12-16(18)14-25-21(19)15-8-5-4-6-9-15/h4-6,8-12,14,21H,3,7,13H2,1-2H3,(H,22,23). The Kier molecular flexibility index (Phi) is 5.39. The van der Waals surface area contributed by atoms with Crippen LogP contribution in [-0.4, -0.2) is 19.6 Å². The molecule has 0 aromatic heterocycles. The summed E-state index contributed by atoms with van der Waals surface area (Å²) in [7, 11) is 1.65. The van der Waals surface area contributed by atoms with Gasteiger partial charge >= 0.3 is 0 Å². The molecule has 2 aromatic carbocycles. The van der Waals surface area contributed by atoms with Crippen LogP contribution in [0.4, 0.5) is 0 Å². The lowest BCUT2D eigenvalue weighted by Crippen LogP contribution is -2.38. The summed E-state index contributed by atoms with van der Waals surface area (Å²) < 4.78 is 11.3. The first-order chi connectivity index (χ1) is 12.2. The van der Waals surface area contributed by atoms with Crippen LogP contribution < -0.4 is 20.5 Å². The summed E-state index contributed by atoms with van der Waals surface area (Å²) in [4.78, 5) is 11.9. The second-order valence-corrected chi connectivity index (χ2v) is 6.05. The summed E-state index contributed by atoms with van der Waals surface area (Å²) in [6.45, 7) is 2.46. The number of hydrogen-bond donors (Lipinski definition) is 1. The Labute approximate surface area is 147 Å². The van der Waals surface area contributed by atoms with Crippen molar-refractivity contribution in [3.8, 4) is 5.75 Å². The van der Waals surface area contributed by atoms with Gasteiger partial charge in [-0.2, -0.15) is 0 Å². The number of benzene rings is 2. The van der Waals surface area contributed by atoms with Gasteiger partial charge in [0, 0.05) is 23.8 Å². The Hall–Kier alpha value is -2.75. The normalized spacial score (nSPS) is 15.6. The number of nitrogens with one attached hydrogen (secondary N) is 1. The number of carbonyl (C=O) groups excluding carboxylic acids is 1. The average molecular weight is 337 g/mol. The number of amides is 1. The second kappa shape index (κ2) is 7.88. The Morgan fingerprint density at radius 1 is 1.20 bits per heavy atom. The molecule has 0 radical (unpaired) electrons. The highest BCUT2D eigenvalue weighted by atomic mass is 16.5. The molecule has 130 valence electrons. The molecule has 1 aliphatic rings. The van der Waals surface area contributed by atoms with E-state index in [0.29, 0.717) is 13.0 Å². The zero-order valence-corrected chi connectivity index (χ0v) is 14.6. The number of fused-ring (bicyclic) bond motifs is 1. The van der Waals surface area contributed by atoms with Crippen LogP contribution in [0.2, 0.25) is 0 Å². The van der Waals surface area contributed by atoms with Crippen molar-refractivity contribution >= 4 is 17.7 Å². The molecular weight excluding hydrogens is 314 g/mol. The van der Waals surface area contributed by atoms with Crippen molar-refractivity contribution in [1.82, 2.24) is 5.32 Å². The van der Waals surface area contributed by atoms with Gasteiger partial charge in [0.25, 0.3) is 0 Å². The number of hydrogen-bond acceptors (Lipinski definition) is 3. The minimum atomic E-state index is -0.205. The summed E-state index contributed by atoms with van der Waals surface area (Å²) >= 11 is 0. The summed E-state index contributed by atoms with van der Waals surface area (Å²) in [6, 6.07) is 16.0. The Morgan fingerprint density at radius 3 is 2.72 bits per heavy atom. The third kappa shape index (κ3) is 3.85. The monoisotopic (exact) mass is 337 g/mol. The lowest BCUT2D eigenvalue weighted by molar-refractivity contribution is -0.120. The fraction of sp³-hybridized carbons (Fsp3) is 0.286. The van der Waals surface area contributed by atoms with Gasteiger partial charge in [0.15, 0.2) is 0 Å². The van der Waals surface area contributed by atoms with Gasteiger partial charge in [0.1, 0.15) is 11.9 Å². The van der Waals surface area contributed by atoms with Gasteiger partial charge in [-0.05, 0) is 29.3 Å². The molecule has 25 heavy (non-hydrogen) atoms. The molecule has 1 atom stereocenters. The Balaban J connectivity index is 2.03. The van der Waals surface area contributed by atoms with Crippen molar-refractivity contribution in [3.63, 3.8) is 0 Å². The van der Waals surface area contributed by atoms with Crippen molar-refractivity contribution in [1.29, 1.82) is 0 Å². The maximum absolute atomic E-state index is 11.9. The molecule has 1 unspecified atom stereocenters. The quantitative estimate of drug-likeness (QED) is 0.880. The topological polar surface area (TPSA) is 47.6 Å². The van der Waals surface area contributed by atoms with E-state index < -0.39 is 0 Å². The molecule has 1 heterocycles. The average Bonchev–Trinajstić information content (AvgIpc) is 2.66. The van der Waals surface area contributed by atoms with E-state index in [9.17, 15) is 4.79 Å². The zero-order chi connectivity index (χ0) is 17.6. The third-order valence-corrected chi connectivity index (χ3v) is 4.31. The predicted molar refractivity (Wildman–Crippen MR) is 98.3 cm³/mol. The molecule has 1 N–H and O–H groups in total. The number of rotatable bonds is 6. The zero-order valence-electron chi connectivity index (χ0n) is 14.6. The molecule has 4 nitrogen and oxygen atoms in total. The van der Waals surface area contributed by atoms with Crippen LogP contribution in [0.5, 0.6) is 5.75 Å². The van der Waals surface area contributed by atoms with Crippen LogP contribution in [0.3, 0.4) is 0 Å². The maximum Gasteiger partial charge on any atom is 0.220 e. The fourth-order valence-corrected chi connectivity index (χ4v) is 3.03. The highest BCUT2D eigenvalue weighted by Crippen LogP contribution is 2.27. The molecule has 0 fully saturated rings. The molecule has 3 rings (SSSR count). The van der Waals surface area contributed by atoms with Crippen molar-refractivity contribution in [2.24, 2.45) is 0 Å². The Morgan fingerprint density at radius 2 is 2.00 bits per heavy atom. The van der Waals surface area contributed by atoms with Gasteiger partial charge in [0.05, 0.1) is 13.4 Å². The van der Waals surface area contributed by atoms with Crippen LogP contribution in [-0.2, 0) is 9.53 Å². The van der Waals surface area contributed by atoms with E-state index >= 15 is 0 Å². The van der Waals surface area contributed by atoms with E-state index in [1.54, 1.807) is 13.4 Å². The van der Waals surface area contributed by atoms with Crippen LogP contribution in [0, 0.1) is 0 Å². The van der Waals surface area contributed by atoms with E-state index in [1.807, 2.05) is 55.5 Å². The molecule has 0 saturated heterocycles. The first-order valence-corrected chi connectivity index (χ1v) is 8.57. The number of carbonyl (C=O) groups is 1. The molecule has 0 aliphatic carbocycles. The largest absolute Gasteiger partial charge is 0.497 e. The molecule has 1 amide bonds. The minimum Gasteiger partial charge on any atom is -0.497 e. The van der Waals surface area contributed by atoms with E-state index in [4.69, 9.17) is 9.47 Å². The van der Waals surface area contributed by atoms with Gasteiger partial charge in [0.2, 0.25) is 5.91 Å². The van der Waals surface area contributed by atoms with Crippen LogP contribution in [0.25, 0.3) is 11.8 Å². The van der Waals surface area contributed by atoms with Crippen molar-refractivity contribution in [2.75, 3.05) is 13.7 Å². The first-order valence-electron chi connectivity index (χ1n) is 8.57. The van der Waals surface area contributed by atoms with Crippen molar-refractivity contribution in [2.45, 2.75) is 25.9 Å². The lowest BCUT2D eigenvalue weighted by Gasteiger charge is -2.24. The molecule has 4 heteroatoms. The molecule has 0 saturated carbocycles. The minimum absolute atomic E-state index is 0.0615. The lowest BCUT2D eigenvalue weighted by atomic mass is 9.96. The van der Waals surface area contributed by atoms with Gasteiger partial charge in [-0.3, -0.25) is 4.79 Å². The highest BCUT2D eigenvalue weighted by Gasteiger charge is 2.21. The molecular formula is C21H23NO3. The number of ether oxygens (including phenoxy) is 2. The van der Waals surface area contributed by atoms with Crippen LogP contribution >= 0.6 is 0 Å². The first kappa shape index (κ1) is 17.1. The van der Waals surface area contributed by atoms with E-state index in [-0.39, 0.29) is 12.0 Å². The van der Waals surface area contributed by atoms with Crippen molar-refractivity contribution < 1.29 is 14.3 Å². The highest BCUT2D eigenvalue weighted by molar-refractivity contribution is 5.77. The Bertz CT molecular complexity index is 858. The van der Waals surface area contributed by atoms with Gasteiger partial charge in [-0.1, -0.05) is 43.3 Å². The van der Waals surface area contributed by atoms with Crippen LogP contribution in [0.1, 0.15) is 31.4 Å². The predicted octanol–water partition coefficient (Wildman–Crippen LogP) is 2.27. The van der Waals surface area contributed by atoms with Gasteiger partial charge in [-0.25, -0.2) is 0 Å². The molecule has 2 aromatic rings. The van der Waals surface area contributed by atoms with E-state index in [1.165, 1.54) is 0 Å². The number of methoxy groups -OCH3 is 1. The van der Waals surface area contributed by atoms with E-state index in [2.05, 4.69) is 5.32 Å². The molecule has 0 spiro atoms. The van der Waals surface area contributed by atoms with Gasteiger partial charge in [-0.15, -0.1) is 0 Å². The fourth-order valence-electron chi connectivity index (χ4n) is 3.03. The summed E-state index contributed by atoms with van der Waals surface area (Å²) in [6.07, 6.45) is 2.93. The summed E-state index contributed by atoms with van der Waals surface area (Å²) in [5.74, 6) is 0.845. The smallest absolute Gasteiger partial charge is 0.220 e. The van der Waals surface area contributed by atoms with Crippen LogP contribution in [0.15, 0.2) is 48.5 Å². The summed E-state index contributed by atoms with van der Waals surface area (Å²) in [5.41, 5.74) is 2.12.